The number of aryl methyl sites for hydroxylation is 2. The molecule has 1 unspecified atom stereocenters. The highest BCUT2D eigenvalue weighted by molar-refractivity contribution is 5.74. The van der Waals surface area contributed by atoms with E-state index in [0.29, 0.717) is 17.9 Å². The van der Waals surface area contributed by atoms with E-state index in [1.54, 1.807) is 19.9 Å². The quantitative estimate of drug-likeness (QED) is 0.752. The zero-order valence-corrected chi connectivity index (χ0v) is 15.5. The third-order valence-electron chi connectivity index (χ3n) is 4.12. The Balaban J connectivity index is 1.85. The van der Waals surface area contributed by atoms with Gasteiger partial charge in [0.25, 0.3) is 0 Å². The highest BCUT2D eigenvalue weighted by Gasteiger charge is 2.28. The van der Waals surface area contributed by atoms with Crippen LogP contribution in [0.15, 0.2) is 34.7 Å². The lowest BCUT2D eigenvalue weighted by molar-refractivity contribution is 0.0579. The van der Waals surface area contributed by atoms with Gasteiger partial charge in [-0.3, -0.25) is 0 Å². The van der Waals surface area contributed by atoms with Crippen molar-refractivity contribution in [2.75, 3.05) is 25.5 Å². The molecule has 0 bridgehead atoms. The highest BCUT2D eigenvalue weighted by Crippen LogP contribution is 2.26. The zero-order valence-electron chi connectivity index (χ0n) is 15.5. The minimum atomic E-state index is -1.19. The molecule has 3 N–H and O–H groups in total. The van der Waals surface area contributed by atoms with E-state index in [9.17, 15) is 9.90 Å². The lowest BCUT2D eigenvalue weighted by atomic mass is 9.96. The van der Waals surface area contributed by atoms with Crippen molar-refractivity contribution in [1.29, 1.82) is 0 Å². The topological polar surface area (TPSA) is 77.7 Å². The second kappa shape index (κ2) is 7.61. The van der Waals surface area contributed by atoms with Gasteiger partial charge in [-0.1, -0.05) is 12.1 Å². The van der Waals surface area contributed by atoms with Gasteiger partial charge < -0.3 is 25.1 Å². The molecule has 2 amide bonds. The molecule has 1 aromatic carbocycles. The van der Waals surface area contributed by atoms with Crippen LogP contribution in [-0.4, -0.2) is 31.8 Å². The number of nitrogens with one attached hydrogen (secondary N) is 2. The molecule has 136 valence electrons. The van der Waals surface area contributed by atoms with Crippen molar-refractivity contribution < 1.29 is 14.3 Å². The molecule has 2 aromatic rings. The maximum Gasteiger partial charge on any atom is 0.315 e. The predicted octanol–water partition coefficient (Wildman–Crippen LogP) is 2.67. The Bertz CT molecular complexity index is 718. The van der Waals surface area contributed by atoms with Crippen LogP contribution in [0.4, 0.5) is 10.5 Å². The van der Waals surface area contributed by atoms with Crippen molar-refractivity contribution in [2.24, 2.45) is 0 Å². The summed E-state index contributed by atoms with van der Waals surface area (Å²) in [6.07, 6.45) is 0. The monoisotopic (exact) mass is 345 g/mol. The summed E-state index contributed by atoms with van der Waals surface area (Å²) < 4.78 is 5.45. The van der Waals surface area contributed by atoms with Gasteiger partial charge in [0, 0.05) is 31.9 Å². The molecule has 6 heteroatoms. The fourth-order valence-corrected chi connectivity index (χ4v) is 2.67. The Kier molecular flexibility index (Phi) is 5.74. The Morgan fingerprint density at radius 2 is 1.84 bits per heavy atom. The zero-order chi connectivity index (χ0) is 18.6. The normalized spacial score (nSPS) is 13.2. The van der Waals surface area contributed by atoms with E-state index in [4.69, 9.17) is 4.42 Å². The molecule has 0 aliphatic carbocycles. The lowest BCUT2D eigenvalue weighted by Crippen LogP contribution is -2.43. The molecule has 0 aliphatic rings. The number of hydrogen-bond acceptors (Lipinski definition) is 4. The van der Waals surface area contributed by atoms with E-state index in [0.717, 1.165) is 17.0 Å². The van der Waals surface area contributed by atoms with Crippen molar-refractivity contribution >= 4 is 11.7 Å². The molecule has 0 radical (unpaired) electrons. The number of aliphatic hydroxyl groups is 1. The highest BCUT2D eigenvalue weighted by atomic mass is 16.3. The third kappa shape index (κ3) is 5.00. The molecule has 25 heavy (non-hydrogen) atoms. The maximum absolute atomic E-state index is 12.0. The smallest absolute Gasteiger partial charge is 0.315 e. The first kappa shape index (κ1) is 18.9. The average molecular weight is 345 g/mol. The summed E-state index contributed by atoms with van der Waals surface area (Å²) in [4.78, 5) is 14.0. The molecule has 2 rings (SSSR count). The van der Waals surface area contributed by atoms with Crippen LogP contribution >= 0.6 is 0 Å². The minimum Gasteiger partial charge on any atom is -0.466 e. The molecule has 0 aliphatic heterocycles. The number of nitrogens with zero attached hydrogens (tertiary/aromatic N) is 1. The number of anilines is 1. The van der Waals surface area contributed by atoms with E-state index < -0.39 is 5.60 Å². The van der Waals surface area contributed by atoms with Crippen LogP contribution in [-0.2, 0) is 12.1 Å². The fourth-order valence-electron chi connectivity index (χ4n) is 2.67. The van der Waals surface area contributed by atoms with Gasteiger partial charge >= 0.3 is 6.03 Å². The van der Waals surface area contributed by atoms with Crippen LogP contribution in [0.5, 0.6) is 0 Å². The number of benzene rings is 1. The van der Waals surface area contributed by atoms with Crippen LogP contribution in [0.25, 0.3) is 0 Å². The van der Waals surface area contributed by atoms with Crippen LogP contribution in [0.2, 0.25) is 0 Å². The van der Waals surface area contributed by atoms with Crippen molar-refractivity contribution in [1.82, 2.24) is 10.6 Å². The van der Waals surface area contributed by atoms with Crippen LogP contribution in [0.3, 0.4) is 0 Å². The van der Waals surface area contributed by atoms with Gasteiger partial charge in [0.15, 0.2) is 0 Å². The first-order chi connectivity index (χ1) is 11.7. The standard InChI is InChI=1S/C19H27N3O3/c1-13-10-17(14(2)25-13)19(3,24)12-21-18(23)20-11-15-6-8-16(9-7-15)22(4)5/h6-10,24H,11-12H2,1-5H3,(H2,20,21,23). The SMILES string of the molecule is Cc1cc(C(C)(O)CNC(=O)NCc2ccc(N(C)C)cc2)c(C)o1. The summed E-state index contributed by atoms with van der Waals surface area (Å²) in [5.74, 6) is 1.39. The molecule has 1 atom stereocenters. The molecule has 1 aromatic heterocycles. The Morgan fingerprint density at radius 1 is 1.20 bits per heavy atom. The average Bonchev–Trinajstić information content (AvgIpc) is 2.91. The molecule has 0 saturated heterocycles. The van der Waals surface area contributed by atoms with Gasteiger partial charge in [0.05, 0.1) is 6.54 Å². The summed E-state index contributed by atoms with van der Waals surface area (Å²) in [6.45, 7) is 5.80. The van der Waals surface area contributed by atoms with Gasteiger partial charge in [-0.25, -0.2) is 4.79 Å². The van der Waals surface area contributed by atoms with E-state index in [2.05, 4.69) is 10.6 Å². The van der Waals surface area contributed by atoms with E-state index in [1.807, 2.05) is 50.2 Å². The molecule has 0 saturated carbocycles. The number of amides is 2. The molecular weight excluding hydrogens is 318 g/mol. The van der Waals surface area contributed by atoms with E-state index in [1.165, 1.54) is 0 Å². The number of carbonyl (C=O) groups excluding carboxylic acids is 1. The number of rotatable bonds is 6. The Labute approximate surface area is 148 Å². The van der Waals surface area contributed by atoms with Crippen LogP contribution in [0.1, 0.15) is 29.6 Å². The van der Waals surface area contributed by atoms with Crippen molar-refractivity contribution in [3.8, 4) is 0 Å². The summed E-state index contributed by atoms with van der Waals surface area (Å²) >= 11 is 0. The largest absolute Gasteiger partial charge is 0.466 e. The predicted molar refractivity (Wildman–Crippen MR) is 98.8 cm³/mol. The van der Waals surface area contributed by atoms with E-state index in [-0.39, 0.29) is 12.6 Å². The molecular formula is C19H27N3O3. The van der Waals surface area contributed by atoms with Crippen LogP contribution in [0, 0.1) is 13.8 Å². The first-order valence-electron chi connectivity index (χ1n) is 8.27. The maximum atomic E-state index is 12.0. The Morgan fingerprint density at radius 3 is 2.36 bits per heavy atom. The second-order valence-electron chi connectivity index (χ2n) is 6.70. The summed E-state index contributed by atoms with van der Waals surface area (Å²) in [6, 6.07) is 9.43. The Hall–Kier alpha value is -2.47. The van der Waals surface area contributed by atoms with Gasteiger partial charge in [0.2, 0.25) is 0 Å². The van der Waals surface area contributed by atoms with Crippen LogP contribution < -0.4 is 15.5 Å². The second-order valence-corrected chi connectivity index (χ2v) is 6.70. The van der Waals surface area contributed by atoms with Crippen molar-refractivity contribution in [3.63, 3.8) is 0 Å². The van der Waals surface area contributed by atoms with Gasteiger partial charge in [-0.05, 0) is 44.5 Å². The number of carbonyl (C=O) groups is 1. The van der Waals surface area contributed by atoms with Crippen molar-refractivity contribution in [3.05, 3.63) is 53.0 Å². The number of urea groups is 1. The van der Waals surface area contributed by atoms with Crippen molar-refractivity contribution in [2.45, 2.75) is 32.9 Å². The first-order valence-corrected chi connectivity index (χ1v) is 8.27. The molecule has 1 heterocycles. The lowest BCUT2D eigenvalue weighted by Gasteiger charge is -2.23. The van der Waals surface area contributed by atoms with Gasteiger partial charge in [0.1, 0.15) is 17.1 Å². The fraction of sp³-hybridized carbons (Fsp3) is 0.421. The number of hydrogen-bond donors (Lipinski definition) is 3. The third-order valence-corrected chi connectivity index (χ3v) is 4.12. The van der Waals surface area contributed by atoms with E-state index >= 15 is 0 Å². The summed E-state index contributed by atoms with van der Waals surface area (Å²) in [7, 11) is 3.96. The molecule has 6 nitrogen and oxygen atoms in total. The van der Waals surface area contributed by atoms with Gasteiger partial charge in [-0.15, -0.1) is 0 Å². The number of furan rings is 1. The summed E-state index contributed by atoms with van der Waals surface area (Å²) in [5.41, 5.74) is 1.61. The summed E-state index contributed by atoms with van der Waals surface area (Å²) in [5, 5.41) is 16.1. The molecule has 0 fully saturated rings. The van der Waals surface area contributed by atoms with Gasteiger partial charge in [-0.2, -0.15) is 0 Å². The molecule has 0 spiro atoms. The minimum absolute atomic E-state index is 0.0955.